The number of anilines is 2. The topological polar surface area (TPSA) is 100 Å². The number of aromatic nitrogens is 2. The minimum absolute atomic E-state index is 0.160. The summed E-state index contributed by atoms with van der Waals surface area (Å²) in [6.45, 7) is 4.64. The fourth-order valence-electron chi connectivity index (χ4n) is 4.68. The van der Waals surface area contributed by atoms with Crippen molar-refractivity contribution in [2.75, 3.05) is 12.4 Å². The maximum atomic E-state index is 12.0. The Labute approximate surface area is 188 Å². The van der Waals surface area contributed by atoms with E-state index in [2.05, 4.69) is 36.2 Å². The van der Waals surface area contributed by atoms with Crippen LogP contribution in [-0.2, 0) is 0 Å². The first-order valence-electron chi connectivity index (χ1n) is 10.9. The van der Waals surface area contributed by atoms with Crippen molar-refractivity contribution in [3.8, 4) is 0 Å². The van der Waals surface area contributed by atoms with E-state index in [0.717, 1.165) is 24.4 Å². The minimum Gasteiger partial charge on any atom is -0.365 e. The Balaban J connectivity index is 1.50. The van der Waals surface area contributed by atoms with Gasteiger partial charge in [0.05, 0.1) is 6.04 Å². The summed E-state index contributed by atoms with van der Waals surface area (Å²) in [6, 6.07) is 7.36. The van der Waals surface area contributed by atoms with Crippen LogP contribution in [0, 0.1) is 11.3 Å². The highest BCUT2D eigenvalue weighted by Gasteiger charge is 2.44. The minimum atomic E-state index is -0.547. The molecule has 0 bridgehead atoms. The molecule has 1 unspecified atom stereocenters. The standard InChI is InChI=1S/C23H31ClN6O/c1-23(2,14-4-5-14)29(3)17-10-11-20(19(25)12-17)30-13-18(21(26)31)22(28-30)27-16-8-6-15(24)7-9-16/h6-9,13-14,17,20,25H,4-5,10-12H2,1-3H3,(H2,26,31)(H,27,28)/t17-,20?/m0/s1. The Morgan fingerprint density at radius 3 is 2.52 bits per heavy atom. The number of benzene rings is 1. The molecule has 1 amide bonds. The predicted octanol–water partition coefficient (Wildman–Crippen LogP) is 4.61. The van der Waals surface area contributed by atoms with E-state index in [4.69, 9.17) is 22.7 Å². The fraction of sp³-hybridized carbons (Fsp3) is 0.522. The van der Waals surface area contributed by atoms with Gasteiger partial charge in [-0.2, -0.15) is 5.10 Å². The zero-order chi connectivity index (χ0) is 22.3. The molecule has 4 rings (SSSR count). The quantitative estimate of drug-likeness (QED) is 0.582. The summed E-state index contributed by atoms with van der Waals surface area (Å²) in [5.41, 5.74) is 7.49. The molecule has 0 radical (unpaired) electrons. The number of hydrogen-bond acceptors (Lipinski definition) is 5. The van der Waals surface area contributed by atoms with Crippen LogP contribution < -0.4 is 11.1 Å². The van der Waals surface area contributed by atoms with Crippen molar-refractivity contribution in [3.05, 3.63) is 41.0 Å². The van der Waals surface area contributed by atoms with E-state index in [1.807, 2.05) is 12.1 Å². The summed E-state index contributed by atoms with van der Waals surface area (Å²) in [6.07, 6.45) is 6.79. The molecule has 2 saturated carbocycles. The summed E-state index contributed by atoms with van der Waals surface area (Å²) in [4.78, 5) is 14.5. The van der Waals surface area contributed by atoms with Gasteiger partial charge in [-0.15, -0.1) is 0 Å². The number of rotatable bonds is 7. The Hall–Kier alpha value is -2.38. The summed E-state index contributed by atoms with van der Waals surface area (Å²) in [7, 11) is 2.20. The Morgan fingerprint density at radius 1 is 1.26 bits per heavy atom. The van der Waals surface area contributed by atoms with Gasteiger partial charge in [-0.25, -0.2) is 0 Å². The lowest BCUT2D eigenvalue weighted by molar-refractivity contribution is 0.0722. The van der Waals surface area contributed by atoms with Gasteiger partial charge in [0.2, 0.25) is 0 Å². The van der Waals surface area contributed by atoms with Crippen LogP contribution in [0.1, 0.15) is 62.4 Å². The van der Waals surface area contributed by atoms with Crippen LogP contribution >= 0.6 is 11.6 Å². The van der Waals surface area contributed by atoms with E-state index in [1.165, 1.54) is 12.8 Å². The Kier molecular flexibility index (Phi) is 5.83. The zero-order valence-electron chi connectivity index (χ0n) is 18.4. The highest BCUT2D eigenvalue weighted by Crippen LogP contribution is 2.44. The van der Waals surface area contributed by atoms with Crippen molar-refractivity contribution in [2.45, 2.75) is 63.6 Å². The van der Waals surface area contributed by atoms with Gasteiger partial charge in [0.15, 0.2) is 5.82 Å². The van der Waals surface area contributed by atoms with Crippen LogP contribution in [0.2, 0.25) is 5.02 Å². The average molecular weight is 443 g/mol. The molecule has 0 aliphatic heterocycles. The Bertz CT molecular complexity index is 978. The number of amides is 1. The molecule has 2 fully saturated rings. The number of halogens is 1. The summed E-state index contributed by atoms with van der Waals surface area (Å²) < 4.78 is 1.73. The molecular weight excluding hydrogens is 412 g/mol. The van der Waals surface area contributed by atoms with Crippen molar-refractivity contribution in [2.24, 2.45) is 11.7 Å². The van der Waals surface area contributed by atoms with E-state index in [9.17, 15) is 4.79 Å². The van der Waals surface area contributed by atoms with Gasteiger partial charge in [0.25, 0.3) is 5.91 Å². The van der Waals surface area contributed by atoms with Gasteiger partial charge in [-0.3, -0.25) is 14.4 Å². The van der Waals surface area contributed by atoms with Gasteiger partial charge < -0.3 is 16.5 Å². The van der Waals surface area contributed by atoms with E-state index < -0.39 is 5.91 Å². The molecule has 0 saturated heterocycles. The monoisotopic (exact) mass is 442 g/mol. The van der Waals surface area contributed by atoms with Crippen LogP contribution in [0.5, 0.6) is 0 Å². The number of hydrogen-bond donors (Lipinski definition) is 3. The molecule has 166 valence electrons. The van der Waals surface area contributed by atoms with Crippen molar-refractivity contribution in [1.82, 2.24) is 14.7 Å². The largest absolute Gasteiger partial charge is 0.365 e. The van der Waals surface area contributed by atoms with E-state index in [1.54, 1.807) is 23.0 Å². The molecule has 1 aromatic carbocycles. The third-order valence-corrected chi connectivity index (χ3v) is 7.34. The molecule has 1 heterocycles. The van der Waals surface area contributed by atoms with E-state index in [0.29, 0.717) is 34.6 Å². The van der Waals surface area contributed by atoms with Gasteiger partial charge in [-0.05, 0) is 76.8 Å². The Morgan fingerprint density at radius 2 is 1.94 bits per heavy atom. The molecule has 4 N–H and O–H groups in total. The van der Waals surface area contributed by atoms with Gasteiger partial charge in [0.1, 0.15) is 5.56 Å². The highest BCUT2D eigenvalue weighted by atomic mass is 35.5. The van der Waals surface area contributed by atoms with Crippen molar-refractivity contribution >= 4 is 34.7 Å². The second-order valence-electron chi connectivity index (χ2n) is 9.38. The summed E-state index contributed by atoms with van der Waals surface area (Å²) >= 11 is 5.95. The summed E-state index contributed by atoms with van der Waals surface area (Å²) in [5, 5.41) is 17.1. The molecule has 0 spiro atoms. The number of nitrogens with two attached hydrogens (primary N) is 1. The lowest BCUT2D eigenvalue weighted by atomic mass is 9.85. The van der Waals surface area contributed by atoms with Crippen molar-refractivity contribution < 1.29 is 4.79 Å². The van der Waals surface area contributed by atoms with Gasteiger partial charge >= 0.3 is 0 Å². The van der Waals surface area contributed by atoms with Gasteiger partial charge in [0, 0.05) is 40.6 Å². The molecule has 2 aromatic rings. The van der Waals surface area contributed by atoms with Crippen LogP contribution in [-0.4, -0.2) is 44.9 Å². The first kappa shape index (κ1) is 21.8. The molecule has 8 heteroatoms. The number of nitrogens with one attached hydrogen (secondary N) is 2. The van der Waals surface area contributed by atoms with E-state index in [-0.39, 0.29) is 11.6 Å². The fourth-order valence-corrected chi connectivity index (χ4v) is 4.81. The lowest BCUT2D eigenvalue weighted by Crippen LogP contribution is -2.51. The predicted molar refractivity (Wildman–Crippen MR) is 124 cm³/mol. The zero-order valence-corrected chi connectivity index (χ0v) is 19.1. The molecule has 7 nitrogen and oxygen atoms in total. The lowest BCUT2D eigenvalue weighted by Gasteiger charge is -2.44. The van der Waals surface area contributed by atoms with Crippen LogP contribution in [0.25, 0.3) is 0 Å². The maximum absolute atomic E-state index is 12.0. The molecule has 2 aliphatic carbocycles. The third-order valence-electron chi connectivity index (χ3n) is 7.09. The van der Waals surface area contributed by atoms with E-state index >= 15 is 0 Å². The van der Waals surface area contributed by atoms with Crippen molar-refractivity contribution in [3.63, 3.8) is 0 Å². The first-order chi connectivity index (χ1) is 14.7. The SMILES string of the molecule is CN([C@H]1CCC(n2cc(C(N)=O)c(Nc3ccc(Cl)cc3)n2)C(=N)C1)C(C)(C)C1CC1. The normalized spacial score (nSPS) is 22.0. The van der Waals surface area contributed by atoms with Crippen LogP contribution in [0.15, 0.2) is 30.5 Å². The highest BCUT2D eigenvalue weighted by molar-refractivity contribution is 6.30. The molecule has 2 atom stereocenters. The molecule has 2 aliphatic rings. The van der Waals surface area contributed by atoms with Crippen LogP contribution in [0.3, 0.4) is 0 Å². The molecule has 31 heavy (non-hydrogen) atoms. The van der Waals surface area contributed by atoms with Crippen LogP contribution in [0.4, 0.5) is 11.5 Å². The molecular formula is C23H31ClN6O. The smallest absolute Gasteiger partial charge is 0.254 e. The average Bonchev–Trinajstić information content (AvgIpc) is 3.51. The second kappa shape index (κ2) is 8.28. The van der Waals surface area contributed by atoms with Crippen molar-refractivity contribution in [1.29, 1.82) is 5.41 Å². The number of carbonyl (C=O) groups excluding carboxylic acids is 1. The number of nitrogens with zero attached hydrogens (tertiary/aromatic N) is 3. The maximum Gasteiger partial charge on any atom is 0.254 e. The number of carbonyl (C=O) groups is 1. The first-order valence-corrected chi connectivity index (χ1v) is 11.3. The summed E-state index contributed by atoms with van der Waals surface area (Å²) in [5.74, 6) is 0.612. The van der Waals surface area contributed by atoms with Gasteiger partial charge in [-0.1, -0.05) is 11.6 Å². The second-order valence-corrected chi connectivity index (χ2v) is 9.82. The third kappa shape index (κ3) is 4.48. The number of primary amides is 1. The molecule has 1 aromatic heterocycles.